The molecule has 2 bridgehead atoms. The number of carboxylic acids is 1. The monoisotopic (exact) mass is 605 g/mol. The van der Waals surface area contributed by atoms with Gasteiger partial charge in [0.05, 0.1) is 30.6 Å². The number of fused-ring (bicyclic) bond motifs is 1. The highest BCUT2D eigenvalue weighted by Crippen LogP contribution is 2.60. The summed E-state index contributed by atoms with van der Waals surface area (Å²) in [5.74, 6) is -3.85. The highest BCUT2D eigenvalue weighted by atomic mass is 79.9. The zero-order valence-corrected chi connectivity index (χ0v) is 24.7. The Morgan fingerprint density at radius 1 is 1.23 bits per heavy atom. The fourth-order valence-electron chi connectivity index (χ4n) is 6.87. The van der Waals surface area contributed by atoms with Crippen molar-refractivity contribution in [2.45, 2.75) is 69.2 Å². The fourth-order valence-corrected chi connectivity index (χ4v) is 7.82. The van der Waals surface area contributed by atoms with Crippen molar-refractivity contribution in [2.24, 2.45) is 17.8 Å². The molecule has 0 aliphatic carbocycles. The van der Waals surface area contributed by atoms with Gasteiger partial charge in [-0.05, 0) is 56.9 Å². The highest BCUT2D eigenvalue weighted by Gasteiger charge is 2.77. The van der Waals surface area contributed by atoms with Gasteiger partial charge in [0, 0.05) is 35.8 Å². The number of rotatable bonds is 12. The van der Waals surface area contributed by atoms with E-state index in [2.05, 4.69) is 41.3 Å². The van der Waals surface area contributed by atoms with Gasteiger partial charge in [-0.1, -0.05) is 35.9 Å². The smallest absolute Gasteiger partial charge is 0.310 e. The van der Waals surface area contributed by atoms with Crippen LogP contribution >= 0.6 is 15.9 Å². The molecule has 39 heavy (non-hydrogen) atoms. The Morgan fingerprint density at radius 2 is 1.85 bits per heavy atom. The first-order valence-corrected chi connectivity index (χ1v) is 14.7. The quantitative estimate of drug-likeness (QED) is 0.278. The Labute approximate surface area is 238 Å². The van der Waals surface area contributed by atoms with Gasteiger partial charge in [0.25, 0.3) is 5.91 Å². The van der Waals surface area contributed by atoms with E-state index in [1.807, 2.05) is 38.1 Å². The Kier molecular flexibility index (Phi) is 8.78. The Balaban J connectivity index is 1.80. The normalized spacial score (nSPS) is 30.0. The molecule has 1 spiro atoms. The molecular formula is C29H40BrN3O6. The van der Waals surface area contributed by atoms with Gasteiger partial charge < -0.3 is 29.6 Å². The SMILES string of the molecule is C=CCN(C(=O)C1N([C@@H](CO)CC(C)C)C(=O)[C@@H]2[C@H](C(=O)O)[C@H]3OC12CC3Br)c1ccc(N(CC)CC)cc1. The van der Waals surface area contributed by atoms with Gasteiger partial charge in [0.1, 0.15) is 11.6 Å². The van der Waals surface area contributed by atoms with Crippen molar-refractivity contribution >= 4 is 45.1 Å². The third-order valence-electron chi connectivity index (χ3n) is 8.46. The van der Waals surface area contributed by atoms with Gasteiger partial charge in [-0.25, -0.2) is 0 Å². The van der Waals surface area contributed by atoms with Gasteiger partial charge >= 0.3 is 5.97 Å². The molecular weight excluding hydrogens is 566 g/mol. The minimum Gasteiger partial charge on any atom is -0.481 e. The molecule has 0 radical (unpaired) electrons. The number of hydrogen-bond acceptors (Lipinski definition) is 6. The van der Waals surface area contributed by atoms with Crippen molar-refractivity contribution in [3.8, 4) is 0 Å². The van der Waals surface area contributed by atoms with Gasteiger partial charge in [-0.2, -0.15) is 0 Å². The number of amides is 2. The number of alkyl halides is 1. The summed E-state index contributed by atoms with van der Waals surface area (Å²) in [7, 11) is 0. The molecule has 1 aromatic carbocycles. The topological polar surface area (TPSA) is 111 Å². The number of aliphatic hydroxyl groups excluding tert-OH is 1. The summed E-state index contributed by atoms with van der Waals surface area (Å²) in [6, 6.07) is 5.96. The largest absolute Gasteiger partial charge is 0.481 e. The molecule has 2 N–H and O–H groups in total. The van der Waals surface area contributed by atoms with Crippen LogP contribution in [0.1, 0.15) is 40.5 Å². The number of aliphatic hydroxyl groups is 1. The number of ether oxygens (including phenoxy) is 1. The number of benzene rings is 1. The second-order valence-electron chi connectivity index (χ2n) is 11.1. The predicted molar refractivity (Wildman–Crippen MR) is 153 cm³/mol. The van der Waals surface area contributed by atoms with Crippen molar-refractivity contribution in [3.63, 3.8) is 0 Å². The van der Waals surface area contributed by atoms with Crippen LogP contribution in [0.3, 0.4) is 0 Å². The minimum absolute atomic E-state index is 0.136. The van der Waals surface area contributed by atoms with E-state index in [-0.39, 0.29) is 29.8 Å². The van der Waals surface area contributed by atoms with Crippen molar-refractivity contribution < 1.29 is 29.3 Å². The van der Waals surface area contributed by atoms with Gasteiger partial charge in [0.2, 0.25) is 5.91 Å². The molecule has 214 valence electrons. The third-order valence-corrected chi connectivity index (χ3v) is 9.31. The Hall–Kier alpha value is -2.43. The van der Waals surface area contributed by atoms with E-state index in [0.29, 0.717) is 18.5 Å². The lowest BCUT2D eigenvalue weighted by molar-refractivity contribution is -0.151. The van der Waals surface area contributed by atoms with Crippen molar-refractivity contribution in [2.75, 3.05) is 36.0 Å². The van der Waals surface area contributed by atoms with E-state index in [0.717, 1.165) is 18.8 Å². The average Bonchev–Trinajstić information content (AvgIpc) is 3.50. The summed E-state index contributed by atoms with van der Waals surface area (Å²) in [6.07, 6.45) is 1.71. The number of anilines is 2. The number of halogens is 1. The van der Waals surface area contributed by atoms with E-state index in [4.69, 9.17) is 4.74 Å². The molecule has 7 atom stereocenters. The van der Waals surface area contributed by atoms with Crippen LogP contribution in [0.5, 0.6) is 0 Å². The molecule has 0 saturated carbocycles. The van der Waals surface area contributed by atoms with Crippen LogP contribution in [0, 0.1) is 17.8 Å². The standard InChI is InChI=1S/C29H40BrN3O6/c1-6-13-32(19-11-9-18(10-12-19)31(7-2)8-3)27(36)25-29-15-21(30)24(39-29)22(28(37)38)23(29)26(35)33(25)20(16-34)14-17(4)5/h6,9-12,17,20-25,34H,1,7-8,13-16H2,2-5H3,(H,37,38)/t20-,21?,22+,23+,24+,25?,29?/m1/s1. The molecule has 1 aromatic rings. The zero-order valence-electron chi connectivity index (χ0n) is 23.1. The number of hydrogen-bond donors (Lipinski definition) is 2. The van der Waals surface area contributed by atoms with Crippen LogP contribution in [0.15, 0.2) is 36.9 Å². The first kappa shape index (κ1) is 29.6. The molecule has 10 heteroatoms. The molecule has 3 unspecified atom stereocenters. The summed E-state index contributed by atoms with van der Waals surface area (Å²) >= 11 is 3.58. The van der Waals surface area contributed by atoms with Crippen LogP contribution in [0.4, 0.5) is 11.4 Å². The molecule has 0 aromatic heterocycles. The lowest BCUT2D eigenvalue weighted by Gasteiger charge is -2.39. The third kappa shape index (κ3) is 4.89. The van der Waals surface area contributed by atoms with Crippen LogP contribution < -0.4 is 9.80 Å². The molecule has 3 heterocycles. The number of aliphatic carboxylic acids is 1. The summed E-state index contributed by atoms with van der Waals surface area (Å²) in [6.45, 7) is 13.5. The Morgan fingerprint density at radius 3 is 2.36 bits per heavy atom. The summed E-state index contributed by atoms with van der Waals surface area (Å²) in [4.78, 5) is 45.9. The van der Waals surface area contributed by atoms with Crippen LogP contribution in [-0.4, -0.2) is 87.8 Å². The fraction of sp³-hybridized carbons (Fsp3) is 0.621. The van der Waals surface area contributed by atoms with Gasteiger partial charge in [-0.3, -0.25) is 14.4 Å². The van der Waals surface area contributed by atoms with E-state index in [9.17, 15) is 24.6 Å². The van der Waals surface area contributed by atoms with E-state index in [1.165, 1.54) is 4.90 Å². The van der Waals surface area contributed by atoms with Crippen molar-refractivity contribution in [1.82, 2.24) is 4.90 Å². The second-order valence-corrected chi connectivity index (χ2v) is 12.3. The molecule has 2 amide bonds. The van der Waals surface area contributed by atoms with Gasteiger partial charge in [0.15, 0.2) is 0 Å². The molecule has 3 saturated heterocycles. The lowest BCUT2D eigenvalue weighted by atomic mass is 9.70. The highest BCUT2D eigenvalue weighted by molar-refractivity contribution is 9.09. The minimum atomic E-state index is -1.30. The van der Waals surface area contributed by atoms with Gasteiger partial charge in [-0.15, -0.1) is 6.58 Å². The molecule has 3 fully saturated rings. The van der Waals surface area contributed by atoms with Crippen LogP contribution in [-0.2, 0) is 19.1 Å². The lowest BCUT2D eigenvalue weighted by Crippen LogP contribution is -2.59. The number of carbonyl (C=O) groups is 3. The maximum absolute atomic E-state index is 14.6. The average molecular weight is 607 g/mol. The molecule has 3 aliphatic rings. The van der Waals surface area contributed by atoms with E-state index >= 15 is 0 Å². The number of carbonyl (C=O) groups excluding carboxylic acids is 2. The summed E-state index contributed by atoms with van der Waals surface area (Å²) in [5.41, 5.74) is 0.374. The number of carboxylic acid groups (broad SMARTS) is 1. The molecule has 9 nitrogen and oxygen atoms in total. The van der Waals surface area contributed by atoms with Crippen molar-refractivity contribution in [1.29, 1.82) is 0 Å². The van der Waals surface area contributed by atoms with Crippen molar-refractivity contribution in [3.05, 3.63) is 36.9 Å². The van der Waals surface area contributed by atoms with Crippen LogP contribution in [0.2, 0.25) is 0 Å². The van der Waals surface area contributed by atoms with E-state index < -0.39 is 47.5 Å². The number of likely N-dealkylation sites (tertiary alicyclic amines) is 1. The number of nitrogens with zero attached hydrogens (tertiary/aromatic N) is 3. The first-order valence-electron chi connectivity index (χ1n) is 13.8. The zero-order chi connectivity index (χ0) is 28.6. The maximum Gasteiger partial charge on any atom is 0.310 e. The summed E-state index contributed by atoms with van der Waals surface area (Å²) in [5, 5.41) is 20.5. The first-order chi connectivity index (χ1) is 18.6. The maximum atomic E-state index is 14.6. The summed E-state index contributed by atoms with van der Waals surface area (Å²) < 4.78 is 6.40. The predicted octanol–water partition coefficient (Wildman–Crippen LogP) is 3.29. The Bertz CT molecular complexity index is 1090. The molecule has 4 rings (SSSR count). The van der Waals surface area contributed by atoms with E-state index in [1.54, 1.807) is 11.0 Å². The van der Waals surface area contributed by atoms with Crippen LogP contribution in [0.25, 0.3) is 0 Å². The second kappa shape index (κ2) is 11.6. The molecule has 3 aliphatic heterocycles.